The largest absolute Gasteiger partial charge is 0.383 e. The third-order valence-corrected chi connectivity index (χ3v) is 4.06. The first-order valence-electron chi connectivity index (χ1n) is 5.85. The number of terminal acetylenes is 1. The van der Waals surface area contributed by atoms with Crippen molar-refractivity contribution in [3.05, 3.63) is 30.5 Å². The van der Waals surface area contributed by atoms with Crippen molar-refractivity contribution in [3.63, 3.8) is 0 Å². The molecule has 0 aliphatic heterocycles. The van der Waals surface area contributed by atoms with Crippen LogP contribution in [0.2, 0.25) is 0 Å². The Labute approximate surface area is 122 Å². The molecular weight excluding hydrogens is 290 g/mol. The summed E-state index contributed by atoms with van der Waals surface area (Å²) in [5.74, 6) is 2.44. The molecule has 0 aliphatic rings. The van der Waals surface area contributed by atoms with Crippen molar-refractivity contribution in [2.45, 2.75) is 4.90 Å². The minimum Gasteiger partial charge on any atom is -0.383 e. The van der Waals surface area contributed by atoms with Gasteiger partial charge in [0, 0.05) is 11.8 Å². The van der Waals surface area contributed by atoms with Crippen LogP contribution in [0.15, 0.2) is 35.4 Å². The van der Waals surface area contributed by atoms with E-state index in [1.165, 1.54) is 18.3 Å². The third kappa shape index (κ3) is 3.28. The summed E-state index contributed by atoms with van der Waals surface area (Å²) in [6.45, 7) is -0.0836. The maximum Gasteiger partial charge on any atom is 0.241 e. The van der Waals surface area contributed by atoms with E-state index in [2.05, 4.69) is 20.6 Å². The van der Waals surface area contributed by atoms with Crippen molar-refractivity contribution >= 4 is 21.8 Å². The molecule has 0 atom stereocenters. The van der Waals surface area contributed by atoms with E-state index in [-0.39, 0.29) is 23.2 Å². The van der Waals surface area contributed by atoms with Gasteiger partial charge in [0.2, 0.25) is 16.0 Å². The Morgan fingerprint density at radius 3 is 2.76 bits per heavy atom. The zero-order chi connectivity index (χ0) is 15.5. The minimum atomic E-state index is -3.67. The fraction of sp³-hybridized carbons (Fsp3) is 0.0769. The van der Waals surface area contributed by atoms with Gasteiger partial charge in [-0.2, -0.15) is 9.71 Å². The molecular formula is C13H13N5O2S. The number of nitrogens with one attached hydrogen (secondary N) is 1. The predicted molar refractivity (Wildman–Crippen MR) is 80.3 cm³/mol. The van der Waals surface area contributed by atoms with Crippen molar-refractivity contribution < 1.29 is 8.42 Å². The summed E-state index contributed by atoms with van der Waals surface area (Å²) in [6, 6.07) is 6.21. The lowest BCUT2D eigenvalue weighted by atomic mass is 10.1. The Morgan fingerprint density at radius 2 is 2.10 bits per heavy atom. The highest BCUT2D eigenvalue weighted by molar-refractivity contribution is 7.89. The van der Waals surface area contributed by atoms with E-state index in [4.69, 9.17) is 17.9 Å². The Balaban J connectivity index is 2.45. The topological polar surface area (TPSA) is 124 Å². The van der Waals surface area contributed by atoms with Crippen LogP contribution in [0.1, 0.15) is 0 Å². The molecule has 2 aromatic rings. The number of nitrogens with zero attached hydrogens (tertiary/aromatic N) is 2. The number of anilines is 2. The molecule has 0 saturated heterocycles. The monoisotopic (exact) mass is 303 g/mol. The van der Waals surface area contributed by atoms with Crippen LogP contribution in [0.3, 0.4) is 0 Å². The molecule has 5 N–H and O–H groups in total. The number of rotatable bonds is 4. The first-order chi connectivity index (χ1) is 9.94. The zero-order valence-electron chi connectivity index (χ0n) is 10.9. The van der Waals surface area contributed by atoms with E-state index >= 15 is 0 Å². The van der Waals surface area contributed by atoms with Crippen LogP contribution in [0.4, 0.5) is 11.8 Å². The molecule has 1 aromatic carbocycles. The van der Waals surface area contributed by atoms with Gasteiger partial charge >= 0.3 is 0 Å². The van der Waals surface area contributed by atoms with E-state index in [0.29, 0.717) is 11.1 Å². The number of hydrogen-bond donors (Lipinski definition) is 3. The molecule has 0 fully saturated rings. The second kappa shape index (κ2) is 5.78. The molecule has 0 bridgehead atoms. The van der Waals surface area contributed by atoms with Gasteiger partial charge in [0.25, 0.3) is 0 Å². The zero-order valence-corrected chi connectivity index (χ0v) is 11.8. The van der Waals surface area contributed by atoms with Gasteiger partial charge in [0.05, 0.1) is 11.4 Å². The van der Waals surface area contributed by atoms with Crippen molar-refractivity contribution in [2.24, 2.45) is 0 Å². The van der Waals surface area contributed by atoms with Gasteiger partial charge in [-0.1, -0.05) is 18.1 Å². The summed E-state index contributed by atoms with van der Waals surface area (Å²) < 4.78 is 26.3. The third-order valence-electron chi connectivity index (χ3n) is 2.66. The molecule has 1 heterocycles. The average Bonchev–Trinajstić information content (AvgIpc) is 2.45. The van der Waals surface area contributed by atoms with E-state index in [0.717, 1.165) is 0 Å². The summed E-state index contributed by atoms with van der Waals surface area (Å²) >= 11 is 0. The van der Waals surface area contributed by atoms with E-state index in [9.17, 15) is 8.42 Å². The summed E-state index contributed by atoms with van der Waals surface area (Å²) in [5, 5.41) is 0. The molecule has 1 aromatic heterocycles. The van der Waals surface area contributed by atoms with Crippen molar-refractivity contribution in [3.8, 4) is 23.5 Å². The lowest BCUT2D eigenvalue weighted by Crippen LogP contribution is -2.23. The second-order valence-corrected chi connectivity index (χ2v) is 5.85. The van der Waals surface area contributed by atoms with Crippen LogP contribution in [0.5, 0.6) is 0 Å². The first kappa shape index (κ1) is 14.8. The lowest BCUT2D eigenvalue weighted by molar-refractivity contribution is 0.586. The fourth-order valence-electron chi connectivity index (χ4n) is 1.68. The van der Waals surface area contributed by atoms with Gasteiger partial charge < -0.3 is 11.5 Å². The van der Waals surface area contributed by atoms with E-state index in [1.807, 2.05) is 0 Å². The summed E-state index contributed by atoms with van der Waals surface area (Å²) in [7, 11) is -3.67. The van der Waals surface area contributed by atoms with Gasteiger partial charge in [-0.15, -0.1) is 6.42 Å². The molecule has 0 spiro atoms. The predicted octanol–water partition coefficient (Wildman–Crippen LogP) is 0.219. The first-order valence-corrected chi connectivity index (χ1v) is 7.34. The molecule has 0 saturated carbocycles. The lowest BCUT2D eigenvalue weighted by Gasteiger charge is -2.08. The number of sulfonamides is 1. The van der Waals surface area contributed by atoms with Crippen LogP contribution in [0, 0.1) is 12.3 Å². The van der Waals surface area contributed by atoms with E-state index < -0.39 is 10.0 Å². The molecule has 0 unspecified atom stereocenters. The van der Waals surface area contributed by atoms with Gasteiger partial charge in [0.15, 0.2) is 0 Å². The number of benzene rings is 1. The maximum atomic E-state index is 12.0. The molecule has 21 heavy (non-hydrogen) atoms. The molecule has 108 valence electrons. The van der Waals surface area contributed by atoms with Crippen molar-refractivity contribution in [1.29, 1.82) is 0 Å². The standard InChI is InChI=1S/C13H13N5O2S/c1-2-6-17-21(19,20)10-5-3-4-9(7-10)11-8-16-13(15)18-12(11)14/h1,3-5,7-8,17H,6H2,(H4,14,15,16,18). The second-order valence-electron chi connectivity index (χ2n) is 4.08. The summed E-state index contributed by atoms with van der Waals surface area (Å²) in [4.78, 5) is 7.77. The maximum absolute atomic E-state index is 12.0. The molecule has 0 amide bonds. The van der Waals surface area contributed by atoms with Gasteiger partial charge in [-0.3, -0.25) is 0 Å². The number of aromatic nitrogens is 2. The molecule has 7 nitrogen and oxygen atoms in total. The molecule has 0 aliphatic carbocycles. The highest BCUT2D eigenvalue weighted by atomic mass is 32.2. The minimum absolute atomic E-state index is 0.0516. The number of nitrogens with two attached hydrogens (primary N) is 2. The quantitative estimate of drug-likeness (QED) is 0.694. The summed E-state index contributed by atoms with van der Waals surface area (Å²) in [6.07, 6.45) is 6.49. The van der Waals surface area contributed by atoms with Gasteiger partial charge in [-0.05, 0) is 17.7 Å². The number of nitrogen functional groups attached to an aromatic ring is 2. The normalized spacial score (nSPS) is 11.0. The molecule has 0 radical (unpaired) electrons. The molecule has 8 heteroatoms. The Hall–Kier alpha value is -2.63. The number of hydrogen-bond acceptors (Lipinski definition) is 6. The molecule has 2 rings (SSSR count). The Bertz CT molecular complexity index is 812. The fourth-order valence-corrected chi connectivity index (χ4v) is 2.66. The van der Waals surface area contributed by atoms with Gasteiger partial charge in [0.1, 0.15) is 5.82 Å². The average molecular weight is 303 g/mol. The highest BCUT2D eigenvalue weighted by Crippen LogP contribution is 2.26. The van der Waals surface area contributed by atoms with Crippen LogP contribution in [0.25, 0.3) is 11.1 Å². The Kier molecular flexibility index (Phi) is 4.07. The van der Waals surface area contributed by atoms with Crippen LogP contribution in [-0.4, -0.2) is 24.9 Å². The van der Waals surface area contributed by atoms with Crippen LogP contribution >= 0.6 is 0 Å². The van der Waals surface area contributed by atoms with Crippen LogP contribution < -0.4 is 16.2 Å². The van der Waals surface area contributed by atoms with Gasteiger partial charge in [-0.25, -0.2) is 13.4 Å². The van der Waals surface area contributed by atoms with Crippen molar-refractivity contribution in [1.82, 2.24) is 14.7 Å². The van der Waals surface area contributed by atoms with E-state index in [1.54, 1.807) is 12.1 Å². The van der Waals surface area contributed by atoms with Crippen molar-refractivity contribution in [2.75, 3.05) is 18.0 Å². The van der Waals surface area contributed by atoms with Crippen LogP contribution in [-0.2, 0) is 10.0 Å². The smallest absolute Gasteiger partial charge is 0.241 e. The Morgan fingerprint density at radius 1 is 1.33 bits per heavy atom. The SMILES string of the molecule is C#CCNS(=O)(=O)c1cccc(-c2cnc(N)nc2N)c1. The highest BCUT2D eigenvalue weighted by Gasteiger charge is 2.14. The summed E-state index contributed by atoms with van der Waals surface area (Å²) in [5.41, 5.74) is 12.3.